The minimum Gasteiger partial charge on any atom is -0.280 e. The van der Waals surface area contributed by atoms with Crippen molar-refractivity contribution in [3.05, 3.63) is 43.5 Å². The third kappa shape index (κ3) is 1.85. The fourth-order valence-corrected chi connectivity index (χ4v) is 3.25. The van der Waals surface area contributed by atoms with E-state index in [2.05, 4.69) is 81.6 Å². The second-order valence-electron chi connectivity index (χ2n) is 4.18. The summed E-state index contributed by atoms with van der Waals surface area (Å²) in [6, 6.07) is 12.4. The van der Waals surface area contributed by atoms with Crippen LogP contribution in [0.25, 0.3) is 21.8 Å². The summed E-state index contributed by atoms with van der Waals surface area (Å²) < 4.78 is 4.08. The smallest absolute Gasteiger partial charge is 0.228 e. The van der Waals surface area contributed by atoms with Gasteiger partial charge in [-0.15, -0.1) is 0 Å². The van der Waals surface area contributed by atoms with Gasteiger partial charge in [-0.1, -0.05) is 12.1 Å². The van der Waals surface area contributed by atoms with E-state index in [1.807, 2.05) is 0 Å². The highest BCUT2D eigenvalue weighted by molar-refractivity contribution is 14.1. The third-order valence-electron chi connectivity index (χ3n) is 3.01. The maximum atomic E-state index is 11.9. The van der Waals surface area contributed by atoms with Gasteiger partial charge in [0.1, 0.15) is 0 Å². The molecule has 4 heteroatoms. The van der Waals surface area contributed by atoms with Crippen molar-refractivity contribution >= 4 is 72.9 Å². The highest BCUT2D eigenvalue weighted by Gasteiger charge is 2.13. The number of hydrogen-bond donors (Lipinski definition) is 0. The van der Waals surface area contributed by atoms with Crippen molar-refractivity contribution in [3.8, 4) is 0 Å². The third-order valence-corrected chi connectivity index (χ3v) is 4.35. The van der Waals surface area contributed by atoms with Gasteiger partial charge in [0.15, 0.2) is 0 Å². The molecule has 90 valence electrons. The molecular formula is C14H9I2NO. The van der Waals surface area contributed by atoms with Gasteiger partial charge in [-0.25, -0.2) is 0 Å². The number of aromatic nitrogens is 1. The van der Waals surface area contributed by atoms with Crippen LogP contribution in [-0.4, -0.2) is 10.5 Å². The first-order valence-corrected chi connectivity index (χ1v) is 7.64. The first kappa shape index (κ1) is 12.4. The lowest BCUT2D eigenvalue weighted by atomic mass is 10.2. The van der Waals surface area contributed by atoms with Crippen LogP contribution < -0.4 is 0 Å². The fraction of sp³-hybridized carbons (Fsp3) is 0.0714. The second kappa shape index (κ2) is 4.48. The molecule has 0 N–H and O–H groups in total. The van der Waals surface area contributed by atoms with Crippen molar-refractivity contribution in [2.24, 2.45) is 0 Å². The van der Waals surface area contributed by atoms with Crippen LogP contribution in [0.4, 0.5) is 0 Å². The van der Waals surface area contributed by atoms with Gasteiger partial charge in [0.05, 0.1) is 11.0 Å². The van der Waals surface area contributed by atoms with Crippen molar-refractivity contribution in [1.82, 2.24) is 4.57 Å². The summed E-state index contributed by atoms with van der Waals surface area (Å²) in [5.74, 6) is 0.0546. The number of hydrogen-bond acceptors (Lipinski definition) is 1. The average Bonchev–Trinajstić information content (AvgIpc) is 2.60. The van der Waals surface area contributed by atoms with E-state index in [9.17, 15) is 4.79 Å². The lowest BCUT2D eigenvalue weighted by molar-refractivity contribution is 0.0946. The molecule has 1 heterocycles. The van der Waals surface area contributed by atoms with Crippen molar-refractivity contribution < 1.29 is 4.79 Å². The predicted molar refractivity (Wildman–Crippen MR) is 91.2 cm³/mol. The number of nitrogens with zero attached hydrogens (tertiary/aromatic N) is 1. The monoisotopic (exact) mass is 461 g/mol. The number of halogens is 2. The van der Waals surface area contributed by atoms with E-state index in [0.717, 1.165) is 28.9 Å². The van der Waals surface area contributed by atoms with Gasteiger partial charge < -0.3 is 0 Å². The first-order valence-electron chi connectivity index (χ1n) is 5.48. The first-order chi connectivity index (χ1) is 8.58. The zero-order valence-corrected chi connectivity index (χ0v) is 13.9. The number of fused-ring (bicyclic) bond motifs is 3. The molecule has 0 amide bonds. The van der Waals surface area contributed by atoms with Crippen LogP contribution in [0.3, 0.4) is 0 Å². The van der Waals surface area contributed by atoms with Crippen LogP contribution in [0.15, 0.2) is 36.4 Å². The van der Waals surface area contributed by atoms with E-state index in [-0.39, 0.29) is 5.91 Å². The van der Waals surface area contributed by atoms with E-state index in [1.54, 1.807) is 11.5 Å². The Morgan fingerprint density at radius 2 is 1.39 bits per heavy atom. The highest BCUT2D eigenvalue weighted by Crippen LogP contribution is 2.31. The minimum absolute atomic E-state index is 0.0546. The average molecular weight is 461 g/mol. The minimum atomic E-state index is 0.0546. The van der Waals surface area contributed by atoms with Crippen LogP contribution in [0.2, 0.25) is 0 Å². The lowest BCUT2D eigenvalue weighted by Crippen LogP contribution is -2.04. The summed E-state index contributed by atoms with van der Waals surface area (Å²) >= 11 is 4.55. The van der Waals surface area contributed by atoms with Gasteiger partial charge in [0, 0.05) is 24.8 Å². The fourth-order valence-electron chi connectivity index (χ4n) is 2.30. The largest absolute Gasteiger partial charge is 0.280 e. The standard InChI is InChI=1S/C14H9I2NO/c1-8(18)17-13-6-9(15)2-4-11(13)12-5-3-10(16)7-14(12)17/h2-7H,1H3. The molecular weight excluding hydrogens is 452 g/mol. The number of carbonyl (C=O) groups excluding carboxylic acids is 1. The summed E-state index contributed by atoms with van der Waals surface area (Å²) in [5, 5.41) is 2.27. The zero-order chi connectivity index (χ0) is 12.9. The van der Waals surface area contributed by atoms with Gasteiger partial charge in [0.25, 0.3) is 0 Å². The molecule has 1 aromatic heterocycles. The number of benzene rings is 2. The van der Waals surface area contributed by atoms with Crippen LogP contribution in [0.5, 0.6) is 0 Å². The number of rotatable bonds is 0. The summed E-state index contributed by atoms with van der Waals surface area (Å²) in [4.78, 5) is 11.9. The van der Waals surface area contributed by atoms with Crippen LogP contribution >= 0.6 is 45.2 Å². The van der Waals surface area contributed by atoms with Crippen LogP contribution in [0.1, 0.15) is 11.7 Å². The summed E-state index contributed by atoms with van der Waals surface area (Å²) in [7, 11) is 0. The topological polar surface area (TPSA) is 22.0 Å². The molecule has 2 nitrogen and oxygen atoms in total. The molecule has 0 atom stereocenters. The summed E-state index contributed by atoms with van der Waals surface area (Å²) in [6.07, 6.45) is 0. The molecule has 0 aliphatic carbocycles. The van der Waals surface area contributed by atoms with Crippen molar-refractivity contribution in [2.75, 3.05) is 0 Å². The van der Waals surface area contributed by atoms with Crippen molar-refractivity contribution in [2.45, 2.75) is 6.92 Å². The molecule has 3 aromatic rings. The quantitative estimate of drug-likeness (QED) is 0.447. The lowest BCUT2D eigenvalue weighted by Gasteiger charge is -2.01. The van der Waals surface area contributed by atoms with Gasteiger partial charge >= 0.3 is 0 Å². The van der Waals surface area contributed by atoms with Crippen molar-refractivity contribution in [3.63, 3.8) is 0 Å². The molecule has 0 spiro atoms. The molecule has 0 radical (unpaired) electrons. The van der Waals surface area contributed by atoms with E-state index in [4.69, 9.17) is 0 Å². The van der Waals surface area contributed by atoms with Gasteiger partial charge in [0.2, 0.25) is 5.91 Å². The Hall–Kier alpha value is -0.630. The summed E-state index contributed by atoms with van der Waals surface area (Å²) in [5.41, 5.74) is 1.98. The Kier molecular flexibility index (Phi) is 3.09. The van der Waals surface area contributed by atoms with Crippen molar-refractivity contribution in [1.29, 1.82) is 0 Å². The molecule has 0 saturated carbocycles. The molecule has 18 heavy (non-hydrogen) atoms. The normalized spacial score (nSPS) is 11.3. The highest BCUT2D eigenvalue weighted by atomic mass is 127. The molecule has 2 aromatic carbocycles. The Bertz CT molecular complexity index is 730. The maximum absolute atomic E-state index is 11.9. The molecule has 0 unspecified atom stereocenters. The van der Waals surface area contributed by atoms with E-state index >= 15 is 0 Å². The molecule has 0 aliphatic rings. The summed E-state index contributed by atoms with van der Waals surface area (Å²) in [6.45, 7) is 1.61. The SMILES string of the molecule is CC(=O)n1c2cc(I)ccc2c2ccc(I)cc21. The van der Waals surface area contributed by atoms with Gasteiger partial charge in [-0.3, -0.25) is 9.36 Å². The van der Waals surface area contributed by atoms with Gasteiger partial charge in [-0.2, -0.15) is 0 Å². The maximum Gasteiger partial charge on any atom is 0.228 e. The predicted octanol–water partition coefficient (Wildman–Crippen LogP) is 4.66. The zero-order valence-electron chi connectivity index (χ0n) is 9.58. The van der Waals surface area contributed by atoms with E-state index < -0.39 is 0 Å². The molecule has 0 saturated heterocycles. The molecule has 0 fully saturated rings. The molecule has 0 bridgehead atoms. The second-order valence-corrected chi connectivity index (χ2v) is 6.67. The van der Waals surface area contributed by atoms with E-state index in [1.165, 1.54) is 0 Å². The van der Waals surface area contributed by atoms with Crippen LogP contribution in [-0.2, 0) is 0 Å². The Balaban J connectivity index is 2.60. The van der Waals surface area contributed by atoms with Crippen LogP contribution in [0, 0.1) is 7.14 Å². The van der Waals surface area contributed by atoms with E-state index in [0.29, 0.717) is 0 Å². The Morgan fingerprint density at radius 1 is 0.944 bits per heavy atom. The molecule has 3 rings (SSSR count). The Morgan fingerprint density at radius 3 is 1.78 bits per heavy atom. The molecule has 0 aliphatic heterocycles. The Labute approximate surface area is 132 Å². The van der Waals surface area contributed by atoms with Gasteiger partial charge in [-0.05, 0) is 69.4 Å². The number of carbonyl (C=O) groups is 1.